The minimum absolute atomic E-state index is 0.0639. The number of ether oxygens (including phenoxy) is 1. The van der Waals surface area contributed by atoms with Crippen molar-refractivity contribution in [3.8, 4) is 17.0 Å². The van der Waals surface area contributed by atoms with Crippen LogP contribution in [0.25, 0.3) is 16.9 Å². The van der Waals surface area contributed by atoms with Crippen LogP contribution in [0.3, 0.4) is 0 Å². The second kappa shape index (κ2) is 8.99. The number of aromatic nitrogens is 4. The number of amides is 1. The Bertz CT molecular complexity index is 1150. The van der Waals surface area contributed by atoms with E-state index >= 15 is 0 Å². The van der Waals surface area contributed by atoms with Crippen LogP contribution in [0.4, 0.5) is 0 Å². The molecule has 31 heavy (non-hydrogen) atoms. The van der Waals surface area contributed by atoms with Crippen LogP contribution in [0.5, 0.6) is 5.75 Å². The number of carbonyl (C=O) groups is 1. The van der Waals surface area contributed by atoms with E-state index < -0.39 is 0 Å². The number of aryl methyl sites for hydroxylation is 1. The van der Waals surface area contributed by atoms with Gasteiger partial charge < -0.3 is 14.5 Å². The number of carbonyl (C=O) groups excluding carboxylic acids is 1. The maximum absolute atomic E-state index is 12.5. The average Bonchev–Trinajstić information content (AvgIpc) is 3.45. The van der Waals surface area contributed by atoms with Crippen LogP contribution in [0.2, 0.25) is 0 Å². The normalized spacial score (nSPS) is 12.3. The Morgan fingerprint density at radius 2 is 2.03 bits per heavy atom. The minimum Gasteiger partial charge on any atom is -0.497 e. The Balaban J connectivity index is 1.52. The van der Waals surface area contributed by atoms with Crippen molar-refractivity contribution < 1.29 is 13.9 Å². The molecule has 1 aromatic carbocycles. The van der Waals surface area contributed by atoms with Gasteiger partial charge >= 0.3 is 0 Å². The molecule has 0 aliphatic heterocycles. The molecular weight excluding hydrogens is 394 g/mol. The number of nitrogens with zero attached hydrogens (tertiary/aromatic N) is 4. The molecule has 4 rings (SSSR count). The molecule has 0 fully saturated rings. The van der Waals surface area contributed by atoms with Crippen molar-refractivity contribution >= 4 is 11.6 Å². The lowest BCUT2D eigenvalue weighted by Crippen LogP contribution is -2.32. The van der Waals surface area contributed by atoms with Gasteiger partial charge in [-0.05, 0) is 42.3 Å². The zero-order chi connectivity index (χ0) is 21.8. The third kappa shape index (κ3) is 4.74. The van der Waals surface area contributed by atoms with Gasteiger partial charge in [-0.15, -0.1) is 5.10 Å². The summed E-state index contributed by atoms with van der Waals surface area (Å²) < 4.78 is 12.1. The quantitative estimate of drug-likeness (QED) is 0.466. The Morgan fingerprint density at radius 1 is 1.23 bits per heavy atom. The van der Waals surface area contributed by atoms with E-state index in [1.807, 2.05) is 56.3 Å². The molecule has 0 saturated heterocycles. The predicted molar refractivity (Wildman–Crippen MR) is 116 cm³/mol. The summed E-state index contributed by atoms with van der Waals surface area (Å²) in [5, 5.41) is 7.61. The number of nitrogens with one attached hydrogen (secondary N) is 1. The molecule has 160 valence electrons. The third-order valence-electron chi connectivity index (χ3n) is 5.07. The molecule has 3 aromatic heterocycles. The number of hydrogen-bond donors (Lipinski definition) is 1. The van der Waals surface area contributed by atoms with E-state index in [-0.39, 0.29) is 17.9 Å². The van der Waals surface area contributed by atoms with Gasteiger partial charge in [-0.3, -0.25) is 4.79 Å². The van der Waals surface area contributed by atoms with E-state index in [1.165, 1.54) is 0 Å². The van der Waals surface area contributed by atoms with Crippen LogP contribution in [0.15, 0.2) is 59.5 Å². The lowest BCUT2D eigenvalue weighted by atomic mass is 10.0. The zero-order valence-electron chi connectivity index (χ0n) is 17.8. The van der Waals surface area contributed by atoms with E-state index in [9.17, 15) is 4.79 Å². The summed E-state index contributed by atoms with van der Waals surface area (Å²) in [7, 11) is 1.64. The Hall–Kier alpha value is -3.68. The van der Waals surface area contributed by atoms with E-state index in [4.69, 9.17) is 9.15 Å². The van der Waals surface area contributed by atoms with Crippen molar-refractivity contribution in [2.45, 2.75) is 32.7 Å². The molecule has 4 aromatic rings. The number of fused-ring (bicyclic) bond motifs is 1. The van der Waals surface area contributed by atoms with Gasteiger partial charge in [-0.25, -0.2) is 14.5 Å². The van der Waals surface area contributed by atoms with Crippen LogP contribution >= 0.6 is 0 Å². The van der Waals surface area contributed by atoms with E-state index in [0.717, 1.165) is 22.8 Å². The van der Waals surface area contributed by atoms with Gasteiger partial charge in [-0.2, -0.15) is 0 Å². The molecule has 0 unspecified atom stereocenters. The second-order valence-corrected chi connectivity index (χ2v) is 7.64. The van der Waals surface area contributed by atoms with Crippen molar-refractivity contribution in [2.75, 3.05) is 7.11 Å². The summed E-state index contributed by atoms with van der Waals surface area (Å²) in [6.45, 7) is 4.06. The molecule has 0 spiro atoms. The molecule has 8 nitrogen and oxygen atoms in total. The summed E-state index contributed by atoms with van der Waals surface area (Å²) >= 11 is 0. The zero-order valence-corrected chi connectivity index (χ0v) is 17.8. The minimum atomic E-state index is -0.298. The highest BCUT2D eigenvalue weighted by Crippen LogP contribution is 2.23. The van der Waals surface area contributed by atoms with Gasteiger partial charge in [0.05, 0.1) is 25.1 Å². The van der Waals surface area contributed by atoms with Crippen LogP contribution in [-0.4, -0.2) is 32.6 Å². The fourth-order valence-electron chi connectivity index (χ4n) is 3.33. The van der Waals surface area contributed by atoms with Gasteiger partial charge in [0, 0.05) is 24.5 Å². The molecule has 1 amide bonds. The smallest absolute Gasteiger partial charge is 0.221 e. The number of hydrogen-bond acceptors (Lipinski definition) is 6. The first-order valence-corrected chi connectivity index (χ1v) is 10.2. The van der Waals surface area contributed by atoms with Crippen molar-refractivity contribution in [3.05, 3.63) is 66.6 Å². The van der Waals surface area contributed by atoms with E-state index in [0.29, 0.717) is 24.3 Å². The largest absolute Gasteiger partial charge is 0.497 e. The van der Waals surface area contributed by atoms with Gasteiger partial charge in [0.1, 0.15) is 17.8 Å². The molecule has 0 saturated carbocycles. The Morgan fingerprint density at radius 3 is 2.71 bits per heavy atom. The van der Waals surface area contributed by atoms with Gasteiger partial charge in [0.2, 0.25) is 5.91 Å². The van der Waals surface area contributed by atoms with Crippen molar-refractivity contribution in [2.24, 2.45) is 5.92 Å². The first-order chi connectivity index (χ1) is 15.0. The highest BCUT2D eigenvalue weighted by Gasteiger charge is 2.23. The SMILES string of the molecule is COc1ccc(-c2cc3nc([C@@H](NC(=O)CCc4ccco4)C(C)C)nn3cn2)cc1. The van der Waals surface area contributed by atoms with Gasteiger partial charge in [0.25, 0.3) is 0 Å². The van der Waals surface area contributed by atoms with Gasteiger partial charge in [0.15, 0.2) is 11.5 Å². The molecule has 1 atom stereocenters. The number of furan rings is 1. The maximum atomic E-state index is 12.5. The van der Waals surface area contributed by atoms with Crippen molar-refractivity contribution in [1.29, 1.82) is 0 Å². The molecule has 0 radical (unpaired) electrons. The number of rotatable bonds is 8. The maximum Gasteiger partial charge on any atom is 0.221 e. The molecule has 8 heteroatoms. The lowest BCUT2D eigenvalue weighted by molar-refractivity contribution is -0.122. The van der Waals surface area contributed by atoms with Crippen LogP contribution in [0.1, 0.15) is 37.9 Å². The topological polar surface area (TPSA) is 94.5 Å². The first-order valence-electron chi connectivity index (χ1n) is 10.2. The summed E-state index contributed by atoms with van der Waals surface area (Å²) in [5.41, 5.74) is 2.42. The molecule has 1 N–H and O–H groups in total. The van der Waals surface area contributed by atoms with Crippen LogP contribution < -0.4 is 10.1 Å². The molecular formula is C23H25N5O3. The van der Waals surface area contributed by atoms with E-state index in [2.05, 4.69) is 20.4 Å². The van der Waals surface area contributed by atoms with Gasteiger partial charge in [-0.1, -0.05) is 13.8 Å². The number of benzene rings is 1. The highest BCUT2D eigenvalue weighted by molar-refractivity contribution is 5.76. The fourth-order valence-corrected chi connectivity index (χ4v) is 3.33. The van der Waals surface area contributed by atoms with Crippen LogP contribution in [-0.2, 0) is 11.2 Å². The summed E-state index contributed by atoms with van der Waals surface area (Å²) in [6, 6.07) is 13.0. The highest BCUT2D eigenvalue weighted by atomic mass is 16.5. The molecule has 3 heterocycles. The monoisotopic (exact) mass is 419 g/mol. The summed E-state index contributed by atoms with van der Waals surface area (Å²) in [4.78, 5) is 21.7. The summed E-state index contributed by atoms with van der Waals surface area (Å²) in [6.07, 6.45) is 4.14. The predicted octanol–water partition coefficient (Wildman–Crippen LogP) is 3.84. The summed E-state index contributed by atoms with van der Waals surface area (Å²) in [5.74, 6) is 2.21. The first kappa shape index (κ1) is 20.6. The average molecular weight is 419 g/mol. The third-order valence-corrected chi connectivity index (χ3v) is 5.07. The fraction of sp³-hybridized carbons (Fsp3) is 0.304. The standard InChI is InChI=1S/C23H25N5O3/c1-15(2)22(26-21(29)11-10-18-5-4-12-31-18)23-25-20-13-19(24-14-28(20)27-23)16-6-8-17(30-3)9-7-16/h4-9,12-15,22H,10-11H2,1-3H3,(H,26,29)/t22-/m0/s1. The number of methoxy groups -OCH3 is 1. The molecule has 0 aliphatic carbocycles. The van der Waals surface area contributed by atoms with Crippen molar-refractivity contribution in [1.82, 2.24) is 24.9 Å². The molecule has 0 bridgehead atoms. The van der Waals surface area contributed by atoms with Crippen molar-refractivity contribution in [3.63, 3.8) is 0 Å². The van der Waals surface area contributed by atoms with Crippen LogP contribution in [0, 0.1) is 5.92 Å². The second-order valence-electron chi connectivity index (χ2n) is 7.64. The Kier molecular flexibility index (Phi) is 5.97. The Labute approximate surface area is 180 Å². The molecule has 0 aliphatic rings. The van der Waals surface area contributed by atoms with E-state index in [1.54, 1.807) is 24.2 Å². The lowest BCUT2D eigenvalue weighted by Gasteiger charge is -2.19.